The maximum absolute atomic E-state index is 12.1. The Labute approximate surface area is 183 Å². The van der Waals surface area contributed by atoms with Gasteiger partial charge >= 0.3 is 6.03 Å². The van der Waals surface area contributed by atoms with Crippen LogP contribution in [0.3, 0.4) is 0 Å². The SMILES string of the molecule is CCNC(=NCC(=O)NC(C)(C)C)N1CCC(C2(C)NC(=O)NC2=O)CC1.I. The van der Waals surface area contributed by atoms with E-state index in [4.69, 9.17) is 0 Å². The van der Waals surface area contributed by atoms with Crippen molar-refractivity contribution < 1.29 is 14.4 Å². The highest BCUT2D eigenvalue weighted by atomic mass is 127. The predicted octanol–water partition coefficient (Wildman–Crippen LogP) is 0.795. The van der Waals surface area contributed by atoms with Gasteiger partial charge in [0, 0.05) is 25.2 Å². The van der Waals surface area contributed by atoms with Crippen molar-refractivity contribution in [1.29, 1.82) is 0 Å². The van der Waals surface area contributed by atoms with E-state index in [2.05, 4.69) is 31.2 Å². The average molecular weight is 508 g/mol. The smallest absolute Gasteiger partial charge is 0.322 e. The quantitative estimate of drug-likeness (QED) is 0.194. The van der Waals surface area contributed by atoms with Crippen LogP contribution in [0.25, 0.3) is 0 Å². The third-order valence-electron chi connectivity index (χ3n) is 4.90. The molecule has 4 amide bonds. The first-order chi connectivity index (χ1) is 12.5. The van der Waals surface area contributed by atoms with Crippen molar-refractivity contribution in [3.8, 4) is 0 Å². The fourth-order valence-electron chi connectivity index (χ4n) is 3.54. The largest absolute Gasteiger partial charge is 0.357 e. The summed E-state index contributed by atoms with van der Waals surface area (Å²) < 4.78 is 0. The number of imide groups is 1. The van der Waals surface area contributed by atoms with E-state index < -0.39 is 11.6 Å². The van der Waals surface area contributed by atoms with Crippen molar-refractivity contribution in [3.05, 3.63) is 0 Å². The number of piperidine rings is 1. The molecule has 0 saturated carbocycles. The third-order valence-corrected chi connectivity index (χ3v) is 4.90. The molecule has 4 N–H and O–H groups in total. The highest BCUT2D eigenvalue weighted by molar-refractivity contribution is 14.0. The number of guanidine groups is 1. The van der Waals surface area contributed by atoms with Gasteiger partial charge in [-0.2, -0.15) is 0 Å². The fourth-order valence-corrected chi connectivity index (χ4v) is 3.54. The lowest BCUT2D eigenvalue weighted by molar-refractivity contribution is -0.125. The summed E-state index contributed by atoms with van der Waals surface area (Å²) in [6.07, 6.45) is 1.51. The molecule has 0 aromatic heterocycles. The number of urea groups is 1. The molecule has 2 saturated heterocycles. The Balaban J connectivity index is 0.00000392. The molecule has 0 radical (unpaired) electrons. The van der Waals surface area contributed by atoms with Crippen LogP contribution in [0.2, 0.25) is 0 Å². The van der Waals surface area contributed by atoms with Crippen molar-refractivity contribution in [2.45, 2.75) is 58.5 Å². The second kappa shape index (κ2) is 9.75. The molecule has 0 aliphatic carbocycles. The molecule has 9 nitrogen and oxygen atoms in total. The van der Waals surface area contributed by atoms with E-state index in [1.165, 1.54) is 0 Å². The Morgan fingerprint density at radius 1 is 1.29 bits per heavy atom. The predicted molar refractivity (Wildman–Crippen MR) is 119 cm³/mol. The van der Waals surface area contributed by atoms with Gasteiger partial charge in [-0.15, -0.1) is 24.0 Å². The van der Waals surface area contributed by atoms with Gasteiger partial charge in [-0.1, -0.05) is 0 Å². The van der Waals surface area contributed by atoms with E-state index in [1.807, 2.05) is 27.7 Å². The second-order valence-electron chi connectivity index (χ2n) is 8.34. The molecule has 2 aliphatic heterocycles. The number of hydrogen-bond donors (Lipinski definition) is 4. The summed E-state index contributed by atoms with van der Waals surface area (Å²) in [5, 5.41) is 11.2. The molecule has 2 aliphatic rings. The van der Waals surface area contributed by atoms with Crippen molar-refractivity contribution >= 4 is 47.8 Å². The van der Waals surface area contributed by atoms with Crippen LogP contribution in [0.5, 0.6) is 0 Å². The Morgan fingerprint density at radius 2 is 1.89 bits per heavy atom. The van der Waals surface area contributed by atoms with Crippen molar-refractivity contribution in [2.75, 3.05) is 26.2 Å². The lowest BCUT2D eigenvalue weighted by Crippen LogP contribution is -2.55. The Morgan fingerprint density at radius 3 is 2.36 bits per heavy atom. The number of nitrogens with zero attached hydrogens (tertiary/aromatic N) is 2. The summed E-state index contributed by atoms with van der Waals surface area (Å²) in [5.74, 6) is 0.383. The molecule has 2 fully saturated rings. The molecule has 0 bridgehead atoms. The van der Waals surface area contributed by atoms with Gasteiger partial charge in [-0.05, 0) is 53.4 Å². The van der Waals surface area contributed by atoms with Gasteiger partial charge in [0.15, 0.2) is 5.96 Å². The Hall–Kier alpha value is -1.59. The topological polar surface area (TPSA) is 115 Å². The second-order valence-corrected chi connectivity index (χ2v) is 8.34. The van der Waals surface area contributed by atoms with Crippen LogP contribution in [0.1, 0.15) is 47.5 Å². The van der Waals surface area contributed by atoms with Crippen LogP contribution in [-0.2, 0) is 9.59 Å². The van der Waals surface area contributed by atoms with Gasteiger partial charge in [0.25, 0.3) is 5.91 Å². The normalized spacial score (nSPS) is 23.6. The lowest BCUT2D eigenvalue weighted by atomic mass is 9.79. The number of likely N-dealkylation sites (tertiary alicyclic amines) is 1. The van der Waals surface area contributed by atoms with Crippen molar-refractivity contribution in [2.24, 2.45) is 10.9 Å². The molecule has 0 aromatic rings. The summed E-state index contributed by atoms with van der Waals surface area (Å²) in [5.41, 5.74) is -1.14. The van der Waals surface area contributed by atoms with Crippen molar-refractivity contribution in [3.63, 3.8) is 0 Å². The summed E-state index contributed by atoms with van der Waals surface area (Å²) in [6.45, 7) is 11.7. The molecule has 28 heavy (non-hydrogen) atoms. The van der Waals surface area contributed by atoms with Crippen LogP contribution in [0, 0.1) is 5.92 Å². The number of rotatable bonds is 4. The third kappa shape index (κ3) is 6.21. The van der Waals surface area contributed by atoms with Crippen LogP contribution in [-0.4, -0.2) is 66.0 Å². The van der Waals surface area contributed by atoms with Gasteiger partial charge < -0.3 is 20.9 Å². The number of halogens is 1. The number of aliphatic imine (C=N–C) groups is 1. The zero-order valence-corrected chi connectivity index (χ0v) is 19.7. The molecular formula is C18H33IN6O3. The number of amides is 4. The zero-order valence-electron chi connectivity index (χ0n) is 17.3. The van der Waals surface area contributed by atoms with Gasteiger partial charge in [-0.3, -0.25) is 14.9 Å². The maximum Gasteiger partial charge on any atom is 0.322 e. The summed E-state index contributed by atoms with van der Waals surface area (Å²) >= 11 is 0. The maximum atomic E-state index is 12.1. The summed E-state index contributed by atoms with van der Waals surface area (Å²) in [4.78, 5) is 42.2. The number of carbonyl (C=O) groups excluding carboxylic acids is 3. The van der Waals surface area contributed by atoms with E-state index in [-0.39, 0.29) is 53.8 Å². The first kappa shape index (κ1) is 24.4. The summed E-state index contributed by atoms with van der Waals surface area (Å²) in [6, 6.07) is -0.426. The molecule has 2 heterocycles. The standard InChI is InChI=1S/C18H32N6O3.HI/c1-6-19-15(20-11-13(25)22-17(2,3)4)24-9-7-12(8-10-24)18(5)14(26)21-16(27)23-18;/h12H,6-11H2,1-5H3,(H,19,20)(H,22,25)(H2,21,23,26,27);1H. The first-order valence-corrected chi connectivity index (χ1v) is 9.53. The monoisotopic (exact) mass is 508 g/mol. The number of carbonyl (C=O) groups is 3. The molecule has 10 heteroatoms. The van der Waals surface area contributed by atoms with Crippen LogP contribution in [0.4, 0.5) is 4.79 Å². The van der Waals surface area contributed by atoms with Crippen LogP contribution >= 0.6 is 24.0 Å². The van der Waals surface area contributed by atoms with E-state index in [0.717, 1.165) is 12.8 Å². The highest BCUT2D eigenvalue weighted by Gasteiger charge is 2.48. The molecular weight excluding hydrogens is 475 g/mol. The van der Waals surface area contributed by atoms with E-state index >= 15 is 0 Å². The highest BCUT2D eigenvalue weighted by Crippen LogP contribution is 2.30. The molecule has 0 spiro atoms. The van der Waals surface area contributed by atoms with E-state index in [0.29, 0.717) is 25.6 Å². The molecule has 1 atom stereocenters. The Kier molecular flexibility index (Phi) is 8.51. The lowest BCUT2D eigenvalue weighted by Gasteiger charge is -2.39. The minimum Gasteiger partial charge on any atom is -0.357 e. The van der Waals surface area contributed by atoms with Gasteiger partial charge in [0.2, 0.25) is 5.91 Å². The van der Waals surface area contributed by atoms with E-state index in [1.54, 1.807) is 6.92 Å². The molecule has 0 aromatic carbocycles. The van der Waals surface area contributed by atoms with Crippen molar-refractivity contribution in [1.82, 2.24) is 26.2 Å². The van der Waals surface area contributed by atoms with Crippen LogP contribution < -0.4 is 21.3 Å². The van der Waals surface area contributed by atoms with Gasteiger partial charge in [0.1, 0.15) is 12.1 Å². The molecule has 160 valence electrons. The fraction of sp³-hybridized carbons (Fsp3) is 0.778. The van der Waals surface area contributed by atoms with Crippen LogP contribution in [0.15, 0.2) is 4.99 Å². The molecule has 1 unspecified atom stereocenters. The number of hydrogen-bond acceptors (Lipinski definition) is 4. The van der Waals surface area contributed by atoms with Gasteiger partial charge in [0.05, 0.1) is 0 Å². The zero-order chi connectivity index (χ0) is 20.2. The minimum atomic E-state index is -0.856. The summed E-state index contributed by atoms with van der Waals surface area (Å²) in [7, 11) is 0. The van der Waals surface area contributed by atoms with Gasteiger partial charge in [-0.25, -0.2) is 9.79 Å². The Bertz CT molecular complexity index is 625. The average Bonchev–Trinajstić information content (AvgIpc) is 2.83. The molecule has 2 rings (SSSR count). The number of nitrogens with one attached hydrogen (secondary N) is 4. The minimum absolute atomic E-state index is 0. The van der Waals surface area contributed by atoms with E-state index in [9.17, 15) is 14.4 Å². The first-order valence-electron chi connectivity index (χ1n) is 9.53.